The smallest absolute Gasteiger partial charge is 0.00543 e. The van der Waals surface area contributed by atoms with Gasteiger partial charge in [0.1, 0.15) is 0 Å². The van der Waals surface area contributed by atoms with Gasteiger partial charge in [-0.05, 0) is 42.5 Å². The van der Waals surface area contributed by atoms with Crippen LogP contribution in [0.3, 0.4) is 0 Å². The maximum Gasteiger partial charge on any atom is -0.00543 e. The predicted molar refractivity (Wildman–Crippen MR) is 73.0 cm³/mol. The molecule has 0 N–H and O–H groups in total. The van der Waals surface area contributed by atoms with Gasteiger partial charge in [-0.3, -0.25) is 0 Å². The van der Waals surface area contributed by atoms with Crippen LogP contribution in [-0.4, -0.2) is 0 Å². The summed E-state index contributed by atoms with van der Waals surface area (Å²) < 4.78 is 0. The summed E-state index contributed by atoms with van der Waals surface area (Å²) >= 11 is 0. The molecule has 0 amide bonds. The van der Waals surface area contributed by atoms with E-state index in [1.54, 1.807) is 0 Å². The molecule has 0 saturated carbocycles. The van der Waals surface area contributed by atoms with Crippen molar-refractivity contribution in [1.29, 1.82) is 0 Å². The number of benzene rings is 2. The molecule has 1 aliphatic carbocycles. The second-order valence-electron chi connectivity index (χ2n) is 4.86. The Morgan fingerprint density at radius 3 is 2.29 bits per heavy atom. The number of hydrogen-bond donors (Lipinski definition) is 0. The van der Waals surface area contributed by atoms with E-state index in [9.17, 15) is 0 Å². The SMILES string of the molecule is CC1=C(c2ccc(C)cc2)c2ccccc2C1. The molecule has 0 heteroatoms. The van der Waals surface area contributed by atoms with Crippen molar-refractivity contribution in [2.75, 3.05) is 0 Å². The normalized spacial score (nSPS) is 14.0. The molecular weight excluding hydrogens is 204 g/mol. The van der Waals surface area contributed by atoms with Crippen LogP contribution in [0.5, 0.6) is 0 Å². The van der Waals surface area contributed by atoms with E-state index in [2.05, 4.69) is 62.4 Å². The summed E-state index contributed by atoms with van der Waals surface area (Å²) in [7, 11) is 0. The molecule has 2 aromatic rings. The van der Waals surface area contributed by atoms with Gasteiger partial charge in [-0.15, -0.1) is 0 Å². The molecule has 0 aromatic heterocycles. The highest BCUT2D eigenvalue weighted by molar-refractivity contribution is 5.87. The van der Waals surface area contributed by atoms with E-state index in [1.165, 1.54) is 33.4 Å². The average Bonchev–Trinajstić information content (AvgIpc) is 2.66. The number of rotatable bonds is 1. The number of hydrogen-bond acceptors (Lipinski definition) is 0. The third-order valence-electron chi connectivity index (χ3n) is 3.51. The van der Waals surface area contributed by atoms with Crippen LogP contribution in [-0.2, 0) is 6.42 Å². The molecular formula is C17H16. The van der Waals surface area contributed by atoms with Crippen LogP contribution in [0.15, 0.2) is 54.1 Å². The zero-order chi connectivity index (χ0) is 11.8. The molecule has 0 aliphatic heterocycles. The average molecular weight is 220 g/mol. The first kappa shape index (κ1) is 10.3. The Hall–Kier alpha value is -1.82. The van der Waals surface area contributed by atoms with Gasteiger partial charge in [-0.25, -0.2) is 0 Å². The lowest BCUT2D eigenvalue weighted by molar-refractivity contribution is 1.19. The lowest BCUT2D eigenvalue weighted by Gasteiger charge is -2.07. The van der Waals surface area contributed by atoms with Gasteiger partial charge in [0.15, 0.2) is 0 Å². The molecule has 2 aromatic carbocycles. The minimum absolute atomic E-state index is 1.10. The Bertz CT molecular complexity index is 586. The van der Waals surface area contributed by atoms with Crippen molar-refractivity contribution in [2.24, 2.45) is 0 Å². The monoisotopic (exact) mass is 220 g/mol. The van der Waals surface area contributed by atoms with Crippen molar-refractivity contribution in [3.63, 3.8) is 0 Å². The van der Waals surface area contributed by atoms with E-state index in [-0.39, 0.29) is 0 Å². The van der Waals surface area contributed by atoms with Crippen molar-refractivity contribution >= 4 is 5.57 Å². The molecule has 0 bridgehead atoms. The van der Waals surface area contributed by atoms with Crippen molar-refractivity contribution in [2.45, 2.75) is 20.3 Å². The van der Waals surface area contributed by atoms with Gasteiger partial charge in [0.25, 0.3) is 0 Å². The Kier molecular flexibility index (Phi) is 2.36. The lowest BCUT2D eigenvalue weighted by Crippen LogP contribution is -1.87. The molecule has 0 nitrogen and oxygen atoms in total. The molecule has 17 heavy (non-hydrogen) atoms. The third-order valence-corrected chi connectivity index (χ3v) is 3.51. The summed E-state index contributed by atoms with van der Waals surface area (Å²) in [6.07, 6.45) is 1.10. The summed E-state index contributed by atoms with van der Waals surface area (Å²) in [5, 5.41) is 0. The van der Waals surface area contributed by atoms with Gasteiger partial charge in [0.05, 0.1) is 0 Å². The number of allylic oxidation sites excluding steroid dienone is 1. The maximum atomic E-state index is 2.25. The Morgan fingerprint density at radius 2 is 1.53 bits per heavy atom. The summed E-state index contributed by atoms with van der Waals surface area (Å²) in [5.74, 6) is 0. The van der Waals surface area contributed by atoms with Crippen molar-refractivity contribution in [1.82, 2.24) is 0 Å². The van der Waals surface area contributed by atoms with Gasteiger partial charge < -0.3 is 0 Å². The van der Waals surface area contributed by atoms with Gasteiger partial charge in [-0.1, -0.05) is 59.7 Å². The summed E-state index contributed by atoms with van der Waals surface area (Å²) in [6.45, 7) is 4.38. The highest BCUT2D eigenvalue weighted by atomic mass is 14.2. The van der Waals surface area contributed by atoms with E-state index in [0.29, 0.717) is 0 Å². The topological polar surface area (TPSA) is 0 Å². The maximum absolute atomic E-state index is 2.25. The Labute approximate surface area is 103 Å². The molecule has 1 aliphatic rings. The van der Waals surface area contributed by atoms with E-state index < -0.39 is 0 Å². The molecule has 0 fully saturated rings. The second kappa shape index (κ2) is 3.89. The first-order chi connectivity index (χ1) is 8.25. The van der Waals surface area contributed by atoms with Crippen LogP contribution >= 0.6 is 0 Å². The first-order valence-electron chi connectivity index (χ1n) is 6.11. The zero-order valence-electron chi connectivity index (χ0n) is 10.3. The van der Waals surface area contributed by atoms with E-state index in [1.807, 2.05) is 0 Å². The second-order valence-corrected chi connectivity index (χ2v) is 4.86. The molecule has 0 saturated heterocycles. The largest absolute Gasteiger partial charge is 0.0619 e. The third kappa shape index (κ3) is 1.70. The summed E-state index contributed by atoms with van der Waals surface area (Å²) in [5.41, 5.74) is 8.45. The molecule has 0 spiro atoms. The number of fused-ring (bicyclic) bond motifs is 1. The van der Waals surface area contributed by atoms with Crippen molar-refractivity contribution in [3.8, 4) is 0 Å². The van der Waals surface area contributed by atoms with E-state index in [4.69, 9.17) is 0 Å². The Balaban J connectivity index is 2.15. The van der Waals surface area contributed by atoms with Gasteiger partial charge >= 0.3 is 0 Å². The number of aryl methyl sites for hydroxylation is 1. The van der Waals surface area contributed by atoms with Crippen LogP contribution in [0.4, 0.5) is 0 Å². The fourth-order valence-electron chi connectivity index (χ4n) is 2.64. The van der Waals surface area contributed by atoms with Crippen LogP contribution in [0, 0.1) is 6.92 Å². The zero-order valence-corrected chi connectivity index (χ0v) is 10.3. The molecule has 0 heterocycles. The van der Waals surface area contributed by atoms with E-state index in [0.717, 1.165) is 6.42 Å². The molecule has 84 valence electrons. The highest BCUT2D eigenvalue weighted by Gasteiger charge is 2.18. The van der Waals surface area contributed by atoms with Gasteiger partial charge in [0.2, 0.25) is 0 Å². The highest BCUT2D eigenvalue weighted by Crippen LogP contribution is 2.36. The van der Waals surface area contributed by atoms with Gasteiger partial charge in [0, 0.05) is 0 Å². The summed E-state index contributed by atoms with van der Waals surface area (Å²) in [6, 6.07) is 17.6. The quantitative estimate of drug-likeness (QED) is 0.669. The van der Waals surface area contributed by atoms with Crippen molar-refractivity contribution in [3.05, 3.63) is 76.4 Å². The molecule has 0 atom stereocenters. The molecule has 0 unspecified atom stereocenters. The predicted octanol–water partition coefficient (Wildman–Crippen LogP) is 4.37. The van der Waals surface area contributed by atoms with E-state index >= 15 is 0 Å². The fraction of sp³-hybridized carbons (Fsp3) is 0.176. The summed E-state index contributed by atoms with van der Waals surface area (Å²) in [4.78, 5) is 0. The van der Waals surface area contributed by atoms with Crippen LogP contribution in [0.1, 0.15) is 29.2 Å². The van der Waals surface area contributed by atoms with Crippen LogP contribution in [0.2, 0.25) is 0 Å². The van der Waals surface area contributed by atoms with Crippen LogP contribution in [0.25, 0.3) is 5.57 Å². The minimum atomic E-state index is 1.10. The molecule has 3 rings (SSSR count). The first-order valence-corrected chi connectivity index (χ1v) is 6.11. The van der Waals surface area contributed by atoms with Crippen LogP contribution < -0.4 is 0 Å². The van der Waals surface area contributed by atoms with Gasteiger partial charge in [-0.2, -0.15) is 0 Å². The standard InChI is InChI=1S/C17H16/c1-12-7-9-14(10-8-12)17-13(2)11-15-5-3-4-6-16(15)17/h3-10H,11H2,1-2H3. The lowest BCUT2D eigenvalue weighted by atomic mass is 9.97. The fourth-order valence-corrected chi connectivity index (χ4v) is 2.64. The Morgan fingerprint density at radius 1 is 0.824 bits per heavy atom. The molecule has 0 radical (unpaired) electrons. The minimum Gasteiger partial charge on any atom is -0.0619 e. The van der Waals surface area contributed by atoms with Crippen molar-refractivity contribution < 1.29 is 0 Å².